The maximum atomic E-state index is 11.6. The zero-order chi connectivity index (χ0) is 32.5. The SMILES string of the molecule is O=S(=O)(O)CCCN(CCCN1CCOCC1)Oc1c(Cc2ccccc2)nc2c(Cc3ccccc3)nc(-c3ccccc3)cn12. The number of aromatic nitrogens is 3. The number of rotatable bonds is 15. The van der Waals surface area contributed by atoms with Crippen molar-refractivity contribution >= 4 is 15.8 Å². The van der Waals surface area contributed by atoms with Crippen LogP contribution in [0.4, 0.5) is 0 Å². The van der Waals surface area contributed by atoms with Gasteiger partial charge in [-0.15, -0.1) is 5.06 Å². The van der Waals surface area contributed by atoms with E-state index in [0.29, 0.717) is 37.5 Å². The molecular formula is C36H41N5O5S. The second-order valence-corrected chi connectivity index (χ2v) is 13.4. The van der Waals surface area contributed by atoms with Crippen molar-refractivity contribution in [3.8, 4) is 17.1 Å². The van der Waals surface area contributed by atoms with Crippen LogP contribution >= 0.6 is 0 Å². The molecule has 0 radical (unpaired) electrons. The van der Waals surface area contributed by atoms with Crippen molar-refractivity contribution in [1.29, 1.82) is 0 Å². The maximum absolute atomic E-state index is 11.6. The molecule has 6 rings (SSSR count). The van der Waals surface area contributed by atoms with Crippen LogP contribution in [0.15, 0.2) is 97.2 Å². The molecule has 0 amide bonds. The Balaban J connectivity index is 1.40. The van der Waals surface area contributed by atoms with E-state index in [1.807, 2.05) is 82.4 Å². The monoisotopic (exact) mass is 655 g/mol. The van der Waals surface area contributed by atoms with E-state index in [4.69, 9.17) is 19.5 Å². The molecular weight excluding hydrogens is 614 g/mol. The lowest BCUT2D eigenvalue weighted by Crippen LogP contribution is -2.39. The largest absolute Gasteiger partial charge is 0.385 e. The van der Waals surface area contributed by atoms with Crippen molar-refractivity contribution in [3.63, 3.8) is 0 Å². The van der Waals surface area contributed by atoms with Crippen molar-refractivity contribution in [2.24, 2.45) is 0 Å². The number of nitrogens with zero attached hydrogens (tertiary/aromatic N) is 5. The molecule has 3 aromatic carbocycles. The first-order valence-corrected chi connectivity index (χ1v) is 17.7. The van der Waals surface area contributed by atoms with Gasteiger partial charge in [-0.3, -0.25) is 13.9 Å². The lowest BCUT2D eigenvalue weighted by Gasteiger charge is -2.28. The van der Waals surface area contributed by atoms with Gasteiger partial charge in [-0.2, -0.15) is 8.42 Å². The summed E-state index contributed by atoms with van der Waals surface area (Å²) >= 11 is 0. The van der Waals surface area contributed by atoms with Crippen molar-refractivity contribution in [2.45, 2.75) is 25.7 Å². The van der Waals surface area contributed by atoms with E-state index in [0.717, 1.165) is 73.0 Å². The van der Waals surface area contributed by atoms with Gasteiger partial charge in [-0.25, -0.2) is 9.97 Å². The van der Waals surface area contributed by atoms with E-state index >= 15 is 0 Å². The van der Waals surface area contributed by atoms with Crippen LogP contribution in [-0.4, -0.2) is 89.0 Å². The van der Waals surface area contributed by atoms with Crippen molar-refractivity contribution in [3.05, 3.63) is 120 Å². The molecule has 1 aliphatic heterocycles. The van der Waals surface area contributed by atoms with Gasteiger partial charge in [0.1, 0.15) is 5.69 Å². The Hall–Kier alpha value is -4.13. The third-order valence-corrected chi connectivity index (χ3v) is 9.01. The number of morpholine rings is 1. The highest BCUT2D eigenvalue weighted by Crippen LogP contribution is 2.30. The van der Waals surface area contributed by atoms with Gasteiger partial charge in [0.05, 0.1) is 30.4 Å². The maximum Gasteiger partial charge on any atom is 0.264 e. The Bertz CT molecular complexity index is 1830. The summed E-state index contributed by atoms with van der Waals surface area (Å²) in [6, 6.07) is 30.4. The molecule has 0 bridgehead atoms. The molecule has 1 N–H and O–H groups in total. The minimum Gasteiger partial charge on any atom is -0.385 e. The van der Waals surface area contributed by atoms with Gasteiger partial charge in [0.15, 0.2) is 5.65 Å². The first kappa shape index (κ1) is 32.8. The number of imidazole rings is 1. The number of hydrogen-bond donors (Lipinski definition) is 1. The van der Waals surface area contributed by atoms with E-state index in [1.54, 1.807) is 0 Å². The molecule has 11 heteroatoms. The third kappa shape index (κ3) is 9.24. The smallest absolute Gasteiger partial charge is 0.264 e. The van der Waals surface area contributed by atoms with E-state index in [2.05, 4.69) is 29.2 Å². The number of fused-ring (bicyclic) bond motifs is 1. The summed E-state index contributed by atoms with van der Waals surface area (Å²) in [7, 11) is -4.10. The van der Waals surface area contributed by atoms with Crippen LogP contribution in [0.1, 0.15) is 35.4 Å². The van der Waals surface area contributed by atoms with Gasteiger partial charge in [0.2, 0.25) is 5.88 Å². The molecule has 5 aromatic rings. The molecule has 1 fully saturated rings. The van der Waals surface area contributed by atoms with Gasteiger partial charge in [0.25, 0.3) is 10.1 Å². The lowest BCUT2D eigenvalue weighted by atomic mass is 10.1. The van der Waals surface area contributed by atoms with Crippen molar-refractivity contribution < 1.29 is 22.5 Å². The minimum atomic E-state index is -4.10. The summed E-state index contributed by atoms with van der Waals surface area (Å²) in [6.45, 7) is 4.97. The number of hydrogen-bond acceptors (Lipinski definition) is 8. The molecule has 10 nitrogen and oxygen atoms in total. The van der Waals surface area contributed by atoms with Crippen LogP contribution in [0.5, 0.6) is 5.88 Å². The van der Waals surface area contributed by atoms with Crippen LogP contribution in [0.2, 0.25) is 0 Å². The fourth-order valence-corrected chi connectivity index (χ4v) is 6.33. The molecule has 0 unspecified atom stereocenters. The Labute approximate surface area is 276 Å². The fourth-order valence-electron chi connectivity index (χ4n) is 5.84. The normalized spacial score (nSPS) is 14.2. The highest BCUT2D eigenvalue weighted by atomic mass is 32.2. The van der Waals surface area contributed by atoms with Crippen LogP contribution in [-0.2, 0) is 27.7 Å². The second kappa shape index (κ2) is 15.6. The highest BCUT2D eigenvalue weighted by molar-refractivity contribution is 7.85. The summed E-state index contributed by atoms with van der Waals surface area (Å²) in [5, 5.41) is 1.81. The van der Waals surface area contributed by atoms with E-state index in [9.17, 15) is 13.0 Å². The number of ether oxygens (including phenoxy) is 1. The summed E-state index contributed by atoms with van der Waals surface area (Å²) < 4.78 is 40.1. The molecule has 47 heavy (non-hydrogen) atoms. The first-order chi connectivity index (χ1) is 22.9. The van der Waals surface area contributed by atoms with Crippen LogP contribution in [0, 0.1) is 0 Å². The minimum absolute atomic E-state index is 0.219. The van der Waals surface area contributed by atoms with Crippen LogP contribution < -0.4 is 4.84 Å². The zero-order valence-corrected chi connectivity index (χ0v) is 27.3. The van der Waals surface area contributed by atoms with Crippen molar-refractivity contribution in [1.82, 2.24) is 24.3 Å². The fraction of sp³-hybridized carbons (Fsp3) is 0.333. The second-order valence-electron chi connectivity index (χ2n) is 11.8. The Kier molecular flexibility index (Phi) is 10.9. The van der Waals surface area contributed by atoms with Crippen LogP contribution in [0.3, 0.4) is 0 Å². The predicted octanol–water partition coefficient (Wildman–Crippen LogP) is 5.17. The summed E-state index contributed by atoms with van der Waals surface area (Å²) in [5.41, 5.74) is 6.27. The summed E-state index contributed by atoms with van der Waals surface area (Å²) in [6.07, 6.45) is 4.13. The van der Waals surface area contributed by atoms with Gasteiger partial charge in [-0.05, 0) is 30.5 Å². The van der Waals surface area contributed by atoms with Gasteiger partial charge < -0.3 is 9.57 Å². The van der Waals surface area contributed by atoms with Gasteiger partial charge >= 0.3 is 0 Å². The first-order valence-electron chi connectivity index (χ1n) is 16.1. The third-order valence-electron chi connectivity index (χ3n) is 8.21. The molecule has 2 aromatic heterocycles. The average Bonchev–Trinajstić information content (AvgIpc) is 3.42. The van der Waals surface area contributed by atoms with E-state index in [-0.39, 0.29) is 12.2 Å². The van der Waals surface area contributed by atoms with Gasteiger partial charge in [-0.1, -0.05) is 91.0 Å². The Morgan fingerprint density at radius 2 is 1.38 bits per heavy atom. The lowest BCUT2D eigenvalue weighted by molar-refractivity contribution is -0.0669. The molecule has 0 atom stereocenters. The zero-order valence-electron chi connectivity index (χ0n) is 26.4. The van der Waals surface area contributed by atoms with E-state index in [1.165, 1.54) is 0 Å². The molecule has 1 aliphatic rings. The molecule has 1 saturated heterocycles. The molecule has 3 heterocycles. The average molecular weight is 656 g/mol. The predicted molar refractivity (Wildman–Crippen MR) is 182 cm³/mol. The Morgan fingerprint density at radius 1 is 0.787 bits per heavy atom. The van der Waals surface area contributed by atoms with Gasteiger partial charge in [0, 0.05) is 50.8 Å². The number of benzene rings is 3. The summed E-state index contributed by atoms with van der Waals surface area (Å²) in [5.74, 6) is 0.222. The highest BCUT2D eigenvalue weighted by Gasteiger charge is 2.23. The standard InChI is InChI=1S/C36H41N5O5S/c42-47(43,44)25-11-20-40(19-10-18-39-21-23-45-24-22-39)46-36-33(27-30-14-6-2-7-15-30)38-35-32(26-29-12-4-1-5-13-29)37-34(28-41(35)36)31-16-8-3-9-17-31/h1-9,12-17,28H,10-11,18-27H2,(H,42,43,44). The Morgan fingerprint density at radius 3 is 2.02 bits per heavy atom. The van der Waals surface area contributed by atoms with Crippen molar-refractivity contribution in [2.75, 3.05) is 51.7 Å². The molecule has 246 valence electrons. The molecule has 0 saturated carbocycles. The van der Waals surface area contributed by atoms with Crippen LogP contribution in [0.25, 0.3) is 16.9 Å². The number of hydroxylamine groups is 2. The summed E-state index contributed by atoms with van der Waals surface area (Å²) in [4.78, 5) is 19.4. The van der Waals surface area contributed by atoms with E-state index < -0.39 is 10.1 Å². The quantitative estimate of drug-likeness (QED) is 0.121. The topological polar surface area (TPSA) is 110 Å². The molecule has 0 aliphatic carbocycles. The molecule has 0 spiro atoms.